The Labute approximate surface area is 273 Å². The first kappa shape index (κ1) is 33.8. The summed E-state index contributed by atoms with van der Waals surface area (Å²) in [6.45, 7) is 8.90. The Balaban J connectivity index is 1.41. The lowest BCUT2D eigenvalue weighted by molar-refractivity contribution is -0.142. The summed E-state index contributed by atoms with van der Waals surface area (Å²) in [4.78, 5) is 67.9. The molecule has 0 radical (unpaired) electrons. The Bertz CT molecular complexity index is 1660. The van der Waals surface area contributed by atoms with Crippen molar-refractivity contribution in [3.63, 3.8) is 0 Å². The van der Waals surface area contributed by atoms with Crippen molar-refractivity contribution in [2.45, 2.75) is 75.4 Å². The van der Waals surface area contributed by atoms with E-state index in [1.54, 1.807) is 45.2 Å². The molecule has 3 fully saturated rings. The van der Waals surface area contributed by atoms with Crippen LogP contribution in [0.25, 0.3) is 11.4 Å². The number of hydrogen-bond donors (Lipinski definition) is 3. The first-order valence-electron chi connectivity index (χ1n) is 15.2. The molecule has 2 aromatic heterocycles. The van der Waals surface area contributed by atoms with Crippen molar-refractivity contribution in [2.24, 2.45) is 11.3 Å². The second-order valence-corrected chi connectivity index (χ2v) is 15.0. The number of methoxy groups -OCH3 is 1. The van der Waals surface area contributed by atoms with Crippen LogP contribution in [0.5, 0.6) is 6.01 Å². The van der Waals surface area contributed by atoms with Crippen LogP contribution in [0, 0.1) is 11.3 Å². The third-order valence-electron chi connectivity index (χ3n) is 8.49. The van der Waals surface area contributed by atoms with Crippen LogP contribution < -0.4 is 20.1 Å². The van der Waals surface area contributed by atoms with E-state index in [1.165, 1.54) is 24.3 Å². The zero-order valence-electron chi connectivity index (χ0n) is 26.6. The fourth-order valence-electron chi connectivity index (χ4n) is 5.59. The minimum absolute atomic E-state index is 0.00159. The van der Waals surface area contributed by atoms with Crippen LogP contribution in [-0.4, -0.2) is 94.7 Å². The number of carbonyl (C=O) groups is 4. The molecule has 5 rings (SSSR count). The number of alkyl carbamates (subject to hydrolysis) is 1. The molecule has 252 valence electrons. The van der Waals surface area contributed by atoms with Crippen molar-refractivity contribution in [1.82, 2.24) is 35.2 Å². The lowest BCUT2D eigenvalue weighted by Crippen LogP contribution is -2.60. The summed E-state index contributed by atoms with van der Waals surface area (Å²) < 4.78 is 38.1. The molecule has 2 aliphatic carbocycles. The summed E-state index contributed by atoms with van der Waals surface area (Å²) in [5.74, 6) is -2.65. The average molecular weight is 670 g/mol. The predicted octanol–water partition coefficient (Wildman–Crippen LogP) is 1.33. The highest BCUT2D eigenvalue weighted by Gasteiger charge is 2.62. The van der Waals surface area contributed by atoms with Crippen LogP contribution in [0.15, 0.2) is 49.3 Å². The Morgan fingerprint density at radius 1 is 1.11 bits per heavy atom. The van der Waals surface area contributed by atoms with Crippen molar-refractivity contribution < 1.29 is 37.1 Å². The molecule has 5 atom stereocenters. The molecule has 47 heavy (non-hydrogen) atoms. The molecule has 2 aromatic rings. The summed E-state index contributed by atoms with van der Waals surface area (Å²) in [6.07, 6.45) is 4.05. The highest BCUT2D eigenvalue weighted by molar-refractivity contribution is 7.91. The van der Waals surface area contributed by atoms with Gasteiger partial charge in [-0.05, 0) is 42.9 Å². The number of nitrogens with one attached hydrogen (secondary N) is 3. The van der Waals surface area contributed by atoms with Gasteiger partial charge in [0.25, 0.3) is 5.91 Å². The third kappa shape index (κ3) is 7.37. The van der Waals surface area contributed by atoms with Crippen LogP contribution in [0.2, 0.25) is 0 Å². The Hall–Kier alpha value is -4.60. The molecule has 4 amide bonds. The molecule has 15 nitrogen and oxygen atoms in total. The number of aromatic nitrogens is 3. The summed E-state index contributed by atoms with van der Waals surface area (Å²) in [5, 5.41) is 4.66. The molecule has 0 bridgehead atoms. The smallest absolute Gasteiger partial charge is 0.407 e. The summed E-state index contributed by atoms with van der Waals surface area (Å²) >= 11 is 0. The van der Waals surface area contributed by atoms with E-state index in [9.17, 15) is 27.6 Å². The summed E-state index contributed by atoms with van der Waals surface area (Å²) in [7, 11) is -2.71. The highest BCUT2D eigenvalue weighted by Crippen LogP contribution is 2.45. The molecule has 0 spiro atoms. The molecule has 3 aliphatic rings. The number of carbonyl (C=O) groups excluding carboxylic acids is 4. The third-order valence-corrected chi connectivity index (χ3v) is 10.3. The molecule has 16 heteroatoms. The number of nitrogens with zero attached hydrogens (tertiary/aromatic N) is 4. The fourth-order valence-corrected chi connectivity index (χ4v) is 6.95. The summed E-state index contributed by atoms with van der Waals surface area (Å²) in [5.41, 5.74) is -1.25. The zero-order chi connectivity index (χ0) is 34.1. The number of amides is 4. The quantitative estimate of drug-likeness (QED) is 0.292. The molecule has 1 saturated heterocycles. The Morgan fingerprint density at radius 2 is 1.85 bits per heavy atom. The maximum absolute atomic E-state index is 14.1. The number of rotatable bonds is 11. The van der Waals surface area contributed by atoms with Gasteiger partial charge in [-0.15, -0.1) is 6.58 Å². The maximum atomic E-state index is 14.1. The molecule has 0 unspecified atom stereocenters. The van der Waals surface area contributed by atoms with Gasteiger partial charge in [-0.1, -0.05) is 32.9 Å². The number of ether oxygens (including phenoxy) is 2. The van der Waals surface area contributed by atoms with E-state index < -0.39 is 74.1 Å². The van der Waals surface area contributed by atoms with Gasteiger partial charge >= 0.3 is 12.1 Å². The van der Waals surface area contributed by atoms with Gasteiger partial charge in [0.2, 0.25) is 21.8 Å². The predicted molar refractivity (Wildman–Crippen MR) is 168 cm³/mol. The highest BCUT2D eigenvalue weighted by atomic mass is 32.2. The Morgan fingerprint density at radius 3 is 2.45 bits per heavy atom. The number of likely N-dealkylation sites (tertiary alicyclic amines) is 1. The van der Waals surface area contributed by atoms with Gasteiger partial charge in [0, 0.05) is 24.7 Å². The van der Waals surface area contributed by atoms with E-state index in [0.29, 0.717) is 24.2 Å². The van der Waals surface area contributed by atoms with E-state index >= 15 is 0 Å². The monoisotopic (exact) mass is 669 g/mol. The topological polar surface area (TPSA) is 199 Å². The van der Waals surface area contributed by atoms with Crippen molar-refractivity contribution in [3.8, 4) is 17.4 Å². The minimum Gasteiger partial charge on any atom is -0.458 e. The second-order valence-electron chi connectivity index (χ2n) is 13.0. The molecule has 1 aliphatic heterocycles. The van der Waals surface area contributed by atoms with Crippen LogP contribution >= 0.6 is 0 Å². The van der Waals surface area contributed by atoms with Crippen molar-refractivity contribution in [2.75, 3.05) is 13.7 Å². The SMILES string of the molecule is C=C[C@@H]1C[C@]1(NC(=O)[C@@H]1C[C@@H](Oc2nccc(-c3ccccn3)n2)CN1C(=O)[C@@H](NC(=O)OC)C(C)(C)C)C(=O)NS(=O)(=O)C1CC1. The van der Waals surface area contributed by atoms with E-state index in [-0.39, 0.29) is 25.4 Å². The van der Waals surface area contributed by atoms with Gasteiger partial charge in [0.1, 0.15) is 23.7 Å². The van der Waals surface area contributed by atoms with E-state index in [0.717, 1.165) is 0 Å². The first-order chi connectivity index (χ1) is 22.2. The molecular weight excluding hydrogens is 630 g/mol. The van der Waals surface area contributed by atoms with Crippen molar-refractivity contribution in [1.29, 1.82) is 0 Å². The van der Waals surface area contributed by atoms with Gasteiger partial charge in [0.05, 0.1) is 30.3 Å². The fraction of sp³-hybridized carbons (Fsp3) is 0.516. The lowest BCUT2D eigenvalue weighted by Gasteiger charge is -2.35. The van der Waals surface area contributed by atoms with Crippen molar-refractivity contribution >= 4 is 33.8 Å². The maximum Gasteiger partial charge on any atom is 0.407 e. The lowest BCUT2D eigenvalue weighted by atomic mass is 9.85. The zero-order valence-corrected chi connectivity index (χ0v) is 27.5. The van der Waals surface area contributed by atoms with Crippen LogP contribution in [0.4, 0.5) is 4.79 Å². The van der Waals surface area contributed by atoms with E-state index in [4.69, 9.17) is 9.47 Å². The molecule has 2 saturated carbocycles. The average Bonchev–Trinajstić information content (AvgIpc) is 3.96. The Kier molecular flexibility index (Phi) is 9.26. The van der Waals surface area contributed by atoms with Gasteiger partial charge in [-0.25, -0.2) is 18.2 Å². The molecule has 0 aromatic carbocycles. The van der Waals surface area contributed by atoms with Crippen LogP contribution in [0.1, 0.15) is 46.5 Å². The summed E-state index contributed by atoms with van der Waals surface area (Å²) in [6, 6.07) is 4.77. The molecule has 3 heterocycles. The molecule has 3 N–H and O–H groups in total. The van der Waals surface area contributed by atoms with Crippen LogP contribution in [-0.2, 0) is 29.1 Å². The van der Waals surface area contributed by atoms with E-state index in [1.807, 2.05) is 6.07 Å². The van der Waals surface area contributed by atoms with Crippen molar-refractivity contribution in [3.05, 3.63) is 49.3 Å². The van der Waals surface area contributed by atoms with Crippen LogP contribution in [0.3, 0.4) is 0 Å². The van der Waals surface area contributed by atoms with Gasteiger partial charge in [-0.2, -0.15) is 4.98 Å². The second kappa shape index (κ2) is 12.9. The largest absolute Gasteiger partial charge is 0.458 e. The van der Waals surface area contributed by atoms with Gasteiger partial charge in [-0.3, -0.25) is 24.1 Å². The number of sulfonamides is 1. The van der Waals surface area contributed by atoms with E-state index in [2.05, 4.69) is 36.9 Å². The minimum atomic E-state index is -3.89. The first-order valence-corrected chi connectivity index (χ1v) is 16.8. The molecular formula is C31H39N7O8S. The normalized spacial score (nSPS) is 24.4. The number of pyridine rings is 1. The standard InChI is InChI=1S/C31H39N7O8S/c1-6-18-16-31(18,27(41)37-47(43,44)20-10-11-20)36-25(39)23-15-19(17-38(23)26(40)24(30(2,3)4)35-29(42)45-5)46-28-33-14-12-22(34-28)21-9-7-8-13-32-21/h6-9,12-14,18-20,23-24H,1,10-11,15-17H2,2-5H3,(H,35,42)(H,36,39)(H,37,41)/t18-,19-,23+,24-,31-/m1/s1. The van der Waals surface area contributed by atoms with Gasteiger partial charge < -0.3 is 25.0 Å². The number of hydrogen-bond acceptors (Lipinski definition) is 11. The van der Waals surface area contributed by atoms with Gasteiger partial charge in [0.15, 0.2) is 0 Å².